The smallest absolute Gasteiger partial charge is 0.408 e. The molecule has 1 aliphatic carbocycles. The van der Waals surface area contributed by atoms with Crippen LogP contribution in [-0.2, 0) is 30.1 Å². The number of fused-ring (bicyclic) bond motifs is 3. The van der Waals surface area contributed by atoms with E-state index in [0.29, 0.717) is 25.9 Å². The Morgan fingerprint density at radius 2 is 2.02 bits per heavy atom. The van der Waals surface area contributed by atoms with E-state index < -0.39 is 23.8 Å². The van der Waals surface area contributed by atoms with Crippen LogP contribution in [0, 0.1) is 11.3 Å². The SMILES string of the molecule is CN(C)OOSc1ccc2c(c1)CC[C@@H]2N1C(=O)[C@H]2C[C@@H]1CN2C[C@H](NC(=O)OC(C)(C)C)C(=O)N1CCC[C@H]1C#N. The summed E-state index contributed by atoms with van der Waals surface area (Å²) in [5.41, 5.74) is 1.64. The standard InChI is InChI=1S/C29H40N6O6S/c1-29(2,3)39-28(38)31-23(26(36)34-12-6-7-19(34)15-30)17-33-16-20-14-25(33)27(37)35(20)24-11-8-18-13-21(9-10-22(18)24)42-41-40-32(4)5/h9-10,13,19-20,23-25H,6-8,11-12,14,16-17H2,1-5H3,(H,31,38)/t19-,20+,23-,24-,25+/m0/s1. The number of nitriles is 1. The van der Waals surface area contributed by atoms with Crippen molar-refractivity contribution >= 4 is 30.0 Å². The third-order valence-corrected chi connectivity index (χ3v) is 8.79. The Kier molecular flexibility index (Phi) is 9.01. The van der Waals surface area contributed by atoms with Crippen molar-refractivity contribution in [3.05, 3.63) is 29.3 Å². The number of alkyl carbamates (subject to hydrolysis) is 1. The summed E-state index contributed by atoms with van der Waals surface area (Å²) in [6.45, 7) is 6.56. The number of carbonyl (C=O) groups is 3. The summed E-state index contributed by atoms with van der Waals surface area (Å²) < 4.78 is 10.6. The monoisotopic (exact) mass is 600 g/mol. The van der Waals surface area contributed by atoms with Crippen LogP contribution in [0.15, 0.2) is 23.1 Å². The van der Waals surface area contributed by atoms with Gasteiger partial charge in [-0.05, 0) is 76.1 Å². The van der Waals surface area contributed by atoms with Crippen LogP contribution in [0.4, 0.5) is 4.79 Å². The Balaban J connectivity index is 1.26. The van der Waals surface area contributed by atoms with Crippen LogP contribution in [0.5, 0.6) is 0 Å². The highest BCUT2D eigenvalue weighted by Crippen LogP contribution is 2.44. The van der Waals surface area contributed by atoms with E-state index in [1.807, 2.05) is 15.9 Å². The number of piperazine rings is 1. The maximum Gasteiger partial charge on any atom is 0.408 e. The fourth-order valence-corrected chi connectivity index (χ4v) is 7.11. The number of amides is 3. The average molecular weight is 601 g/mol. The predicted octanol–water partition coefficient (Wildman–Crippen LogP) is 2.80. The molecule has 0 aromatic heterocycles. The van der Waals surface area contributed by atoms with Gasteiger partial charge in [-0.15, -0.1) is 9.32 Å². The molecule has 3 heterocycles. The number of ether oxygens (including phenoxy) is 1. The number of hydrogen-bond donors (Lipinski definition) is 1. The second-order valence-corrected chi connectivity index (χ2v) is 13.3. The van der Waals surface area contributed by atoms with E-state index in [1.165, 1.54) is 10.6 Å². The first-order chi connectivity index (χ1) is 19.9. The van der Waals surface area contributed by atoms with Gasteiger partial charge in [-0.25, -0.2) is 4.79 Å². The molecule has 4 aliphatic rings. The van der Waals surface area contributed by atoms with Gasteiger partial charge >= 0.3 is 6.09 Å². The molecule has 0 radical (unpaired) electrons. The molecule has 12 nitrogen and oxygen atoms in total. The number of nitrogens with zero attached hydrogens (tertiary/aromatic N) is 5. The van der Waals surface area contributed by atoms with Gasteiger partial charge in [0, 0.05) is 44.7 Å². The molecule has 5 rings (SSSR count). The summed E-state index contributed by atoms with van der Waals surface area (Å²) in [6.07, 6.45) is 3.09. The number of aryl methyl sites for hydroxylation is 1. The molecule has 5 atom stereocenters. The zero-order chi connectivity index (χ0) is 30.2. The van der Waals surface area contributed by atoms with Gasteiger partial charge in [0.05, 0.1) is 30.2 Å². The van der Waals surface area contributed by atoms with E-state index in [9.17, 15) is 19.6 Å². The normalized spacial score (nSPS) is 26.1. The lowest BCUT2D eigenvalue weighted by molar-refractivity contribution is -0.340. The third-order valence-electron chi connectivity index (χ3n) is 8.21. The Bertz CT molecular complexity index is 1250. The summed E-state index contributed by atoms with van der Waals surface area (Å²) in [4.78, 5) is 51.6. The topological polar surface area (TPSA) is 128 Å². The lowest BCUT2D eigenvalue weighted by atomic mass is 10.1. The molecule has 1 aromatic rings. The van der Waals surface area contributed by atoms with Crippen LogP contribution in [0.3, 0.4) is 0 Å². The fourth-order valence-electron chi connectivity index (χ4n) is 6.56. The minimum absolute atomic E-state index is 0.0148. The predicted molar refractivity (Wildman–Crippen MR) is 153 cm³/mol. The van der Waals surface area contributed by atoms with Gasteiger partial charge < -0.3 is 19.9 Å². The van der Waals surface area contributed by atoms with Crippen LogP contribution in [0.1, 0.15) is 63.6 Å². The van der Waals surface area contributed by atoms with E-state index in [4.69, 9.17) is 14.1 Å². The van der Waals surface area contributed by atoms with E-state index in [2.05, 4.69) is 23.5 Å². The molecule has 228 valence electrons. The molecule has 3 fully saturated rings. The van der Waals surface area contributed by atoms with Crippen molar-refractivity contribution in [2.45, 2.75) is 93.6 Å². The van der Waals surface area contributed by atoms with Crippen LogP contribution >= 0.6 is 12.0 Å². The zero-order valence-corrected chi connectivity index (χ0v) is 25.7. The highest BCUT2D eigenvalue weighted by atomic mass is 32.2. The molecular formula is C29H40N6O6S. The number of rotatable bonds is 9. The molecule has 1 N–H and O–H groups in total. The first kappa shape index (κ1) is 30.6. The Morgan fingerprint density at radius 3 is 2.71 bits per heavy atom. The van der Waals surface area contributed by atoms with E-state index in [0.717, 1.165) is 41.8 Å². The zero-order valence-electron chi connectivity index (χ0n) is 24.9. The summed E-state index contributed by atoms with van der Waals surface area (Å²) in [7, 11) is 3.48. The molecule has 42 heavy (non-hydrogen) atoms. The summed E-state index contributed by atoms with van der Waals surface area (Å²) in [6, 6.07) is 6.61. The average Bonchev–Trinajstić information content (AvgIpc) is 3.69. The maximum atomic E-state index is 13.8. The number of carbonyl (C=O) groups excluding carboxylic acids is 3. The van der Waals surface area contributed by atoms with E-state index in [1.54, 1.807) is 39.8 Å². The molecule has 2 bridgehead atoms. The lowest BCUT2D eigenvalue weighted by Crippen LogP contribution is -2.59. The van der Waals surface area contributed by atoms with Crippen molar-refractivity contribution < 1.29 is 28.4 Å². The molecule has 1 aromatic carbocycles. The highest BCUT2D eigenvalue weighted by Gasteiger charge is 2.53. The largest absolute Gasteiger partial charge is 0.444 e. The van der Waals surface area contributed by atoms with Crippen molar-refractivity contribution in [1.29, 1.82) is 5.26 Å². The number of likely N-dealkylation sites (tertiary alicyclic amines) is 3. The van der Waals surface area contributed by atoms with Crippen molar-refractivity contribution in [3.8, 4) is 6.07 Å². The minimum Gasteiger partial charge on any atom is -0.444 e. The van der Waals surface area contributed by atoms with Gasteiger partial charge in [0.25, 0.3) is 0 Å². The number of benzene rings is 1. The Hall–Kier alpha value is -2.89. The molecule has 3 amide bonds. The van der Waals surface area contributed by atoms with E-state index in [-0.39, 0.29) is 36.5 Å². The first-order valence-corrected chi connectivity index (χ1v) is 15.3. The number of hydroxylamine groups is 2. The Labute approximate surface area is 251 Å². The molecular weight excluding hydrogens is 560 g/mol. The second-order valence-electron chi connectivity index (χ2n) is 12.6. The molecule has 0 saturated carbocycles. The van der Waals surface area contributed by atoms with Crippen molar-refractivity contribution in [2.24, 2.45) is 0 Å². The first-order valence-electron chi connectivity index (χ1n) is 14.5. The number of hydrogen-bond acceptors (Lipinski definition) is 10. The fraction of sp³-hybridized carbons (Fsp3) is 0.655. The van der Waals surface area contributed by atoms with Crippen molar-refractivity contribution in [3.63, 3.8) is 0 Å². The van der Waals surface area contributed by atoms with Crippen molar-refractivity contribution in [1.82, 2.24) is 25.1 Å². The van der Waals surface area contributed by atoms with E-state index >= 15 is 0 Å². The van der Waals surface area contributed by atoms with Gasteiger partial charge in [-0.1, -0.05) is 6.07 Å². The highest BCUT2D eigenvalue weighted by molar-refractivity contribution is 7.94. The minimum atomic E-state index is -0.920. The van der Waals surface area contributed by atoms with Gasteiger partial charge in [-0.2, -0.15) is 10.3 Å². The van der Waals surface area contributed by atoms with Gasteiger partial charge in [0.15, 0.2) is 0 Å². The summed E-state index contributed by atoms with van der Waals surface area (Å²) >= 11 is 1.15. The van der Waals surface area contributed by atoms with Crippen molar-refractivity contribution in [2.75, 3.05) is 33.7 Å². The molecule has 0 unspecified atom stereocenters. The van der Waals surface area contributed by atoms with Crippen LogP contribution in [-0.4, -0.2) is 101 Å². The third kappa shape index (κ3) is 6.53. The molecule has 3 aliphatic heterocycles. The second kappa shape index (κ2) is 12.4. The molecule has 3 saturated heterocycles. The molecule has 0 spiro atoms. The lowest BCUT2D eigenvalue weighted by Gasteiger charge is -2.39. The maximum absolute atomic E-state index is 13.8. The van der Waals surface area contributed by atoms with Crippen LogP contribution in [0.25, 0.3) is 0 Å². The summed E-state index contributed by atoms with van der Waals surface area (Å²) in [5, 5.41) is 13.8. The molecule has 13 heteroatoms. The van der Waals surface area contributed by atoms with Gasteiger partial charge in [-0.3, -0.25) is 14.5 Å². The van der Waals surface area contributed by atoms with Gasteiger partial charge in [0.1, 0.15) is 17.7 Å². The number of nitrogens with one attached hydrogen (secondary N) is 1. The quantitative estimate of drug-likeness (QED) is 0.257. The Morgan fingerprint density at radius 1 is 1.24 bits per heavy atom. The summed E-state index contributed by atoms with van der Waals surface area (Å²) in [5.74, 6) is -0.250. The van der Waals surface area contributed by atoms with Gasteiger partial charge in [0.2, 0.25) is 11.8 Å². The van der Waals surface area contributed by atoms with Crippen LogP contribution in [0.2, 0.25) is 0 Å². The van der Waals surface area contributed by atoms with Crippen LogP contribution < -0.4 is 5.32 Å².